The molecule has 0 spiro atoms. The molecule has 4 nitrogen and oxygen atoms in total. The van der Waals surface area contributed by atoms with Gasteiger partial charge in [-0.25, -0.2) is 9.69 Å². The molecule has 1 aromatic carbocycles. The molecule has 1 heterocycles. The fourth-order valence-corrected chi connectivity index (χ4v) is 2.26. The van der Waals surface area contributed by atoms with E-state index in [-0.39, 0.29) is 18.0 Å². The topological polar surface area (TPSA) is 49.4 Å². The van der Waals surface area contributed by atoms with Crippen LogP contribution in [0.3, 0.4) is 0 Å². The first-order valence-corrected chi connectivity index (χ1v) is 6.82. The summed E-state index contributed by atoms with van der Waals surface area (Å²) in [5.41, 5.74) is 0.627. The monoisotopic (exact) mass is 250 g/mol. The lowest BCUT2D eigenvalue weighted by Crippen LogP contribution is -2.31. The Balaban J connectivity index is 2.15. The van der Waals surface area contributed by atoms with Gasteiger partial charge in [0.1, 0.15) is 6.04 Å². The van der Waals surface area contributed by atoms with Gasteiger partial charge < -0.3 is 5.32 Å². The fourth-order valence-electron chi connectivity index (χ4n) is 1.78. The third-order valence-corrected chi connectivity index (χ3v) is 3.29. The number of nitrogens with one attached hydrogen (secondary N) is 1. The molecule has 17 heavy (non-hydrogen) atoms. The molecule has 0 bridgehead atoms. The molecule has 1 aliphatic heterocycles. The normalized spacial score (nSPS) is 19.6. The zero-order chi connectivity index (χ0) is 12.3. The summed E-state index contributed by atoms with van der Waals surface area (Å²) < 4.78 is 0. The molecule has 0 radical (unpaired) electrons. The zero-order valence-electron chi connectivity index (χ0n) is 9.55. The van der Waals surface area contributed by atoms with Crippen LogP contribution >= 0.6 is 11.8 Å². The molecule has 1 aliphatic rings. The molecule has 3 amide bonds. The number of para-hydroxylation sites is 1. The van der Waals surface area contributed by atoms with Crippen LogP contribution in [0, 0.1) is 0 Å². The average Bonchev–Trinajstić information content (AvgIpc) is 2.63. The molecule has 90 valence electrons. The van der Waals surface area contributed by atoms with Gasteiger partial charge in [0.25, 0.3) is 5.91 Å². The number of urea groups is 1. The van der Waals surface area contributed by atoms with Crippen LogP contribution in [0.15, 0.2) is 30.3 Å². The number of imide groups is 1. The molecule has 1 N–H and O–H groups in total. The highest BCUT2D eigenvalue weighted by Crippen LogP contribution is 2.20. The Morgan fingerprint density at radius 2 is 2.00 bits per heavy atom. The first-order valence-electron chi connectivity index (χ1n) is 5.42. The molecular formula is C12H14N2O2S. The lowest BCUT2D eigenvalue weighted by Gasteiger charge is -2.12. The Hall–Kier alpha value is -1.49. The Bertz CT molecular complexity index is 422. The van der Waals surface area contributed by atoms with Gasteiger partial charge in [-0.3, -0.25) is 4.79 Å². The smallest absolute Gasteiger partial charge is 0.325 e. The van der Waals surface area contributed by atoms with E-state index >= 15 is 0 Å². The van der Waals surface area contributed by atoms with Gasteiger partial charge in [0.2, 0.25) is 0 Å². The summed E-state index contributed by atoms with van der Waals surface area (Å²) in [4.78, 5) is 25.0. The Labute approximate surface area is 104 Å². The second-order valence-electron chi connectivity index (χ2n) is 3.79. The van der Waals surface area contributed by atoms with E-state index < -0.39 is 0 Å². The van der Waals surface area contributed by atoms with Crippen LogP contribution in [0.25, 0.3) is 0 Å². The minimum Gasteiger partial charge on any atom is -0.325 e. The number of hydrogen-bond acceptors (Lipinski definition) is 3. The maximum atomic E-state index is 12.1. The lowest BCUT2D eigenvalue weighted by atomic mass is 10.2. The number of rotatable bonds is 4. The molecule has 5 heteroatoms. The number of thioether (sulfide) groups is 1. The highest BCUT2D eigenvalue weighted by atomic mass is 32.2. The SMILES string of the molecule is CSCC[C@@H]1NC(=O)N(c2ccccc2)C1=O. The summed E-state index contributed by atoms with van der Waals surface area (Å²) in [5, 5.41) is 2.71. The van der Waals surface area contributed by atoms with Crippen molar-refractivity contribution in [2.75, 3.05) is 16.9 Å². The predicted octanol–water partition coefficient (Wildman–Crippen LogP) is 1.86. The maximum absolute atomic E-state index is 12.1. The van der Waals surface area contributed by atoms with E-state index in [0.717, 1.165) is 5.75 Å². The van der Waals surface area contributed by atoms with Crippen LogP contribution in [0.2, 0.25) is 0 Å². The van der Waals surface area contributed by atoms with Crippen LogP contribution in [0.1, 0.15) is 6.42 Å². The van der Waals surface area contributed by atoms with Crippen LogP contribution in [0.4, 0.5) is 10.5 Å². The van der Waals surface area contributed by atoms with Crippen molar-refractivity contribution in [2.45, 2.75) is 12.5 Å². The third-order valence-electron chi connectivity index (χ3n) is 2.64. The summed E-state index contributed by atoms with van der Waals surface area (Å²) in [5.74, 6) is 0.703. The van der Waals surface area contributed by atoms with Gasteiger partial charge in [-0.1, -0.05) is 18.2 Å². The first-order chi connectivity index (χ1) is 8.24. The second kappa shape index (κ2) is 5.23. The van der Waals surface area contributed by atoms with Gasteiger partial charge >= 0.3 is 6.03 Å². The second-order valence-corrected chi connectivity index (χ2v) is 4.78. The van der Waals surface area contributed by atoms with Crippen molar-refractivity contribution in [1.29, 1.82) is 0 Å². The lowest BCUT2D eigenvalue weighted by molar-refractivity contribution is -0.118. The highest BCUT2D eigenvalue weighted by Gasteiger charge is 2.38. The molecule has 1 aromatic rings. The number of carbonyl (C=O) groups is 2. The molecule has 0 unspecified atom stereocenters. The standard InChI is InChI=1S/C12H14N2O2S/c1-17-8-7-10-11(15)14(12(16)13-10)9-5-3-2-4-6-9/h2-6,10H,7-8H2,1H3,(H,13,16)/t10-/m0/s1. The van der Waals surface area contributed by atoms with E-state index in [4.69, 9.17) is 0 Å². The Morgan fingerprint density at radius 1 is 1.29 bits per heavy atom. The molecule has 1 fully saturated rings. The molecule has 1 saturated heterocycles. The van der Waals surface area contributed by atoms with Gasteiger partial charge in [-0.15, -0.1) is 0 Å². The quantitative estimate of drug-likeness (QED) is 0.830. The van der Waals surface area contributed by atoms with E-state index in [1.807, 2.05) is 24.5 Å². The van der Waals surface area contributed by atoms with E-state index in [2.05, 4.69) is 5.32 Å². The average molecular weight is 250 g/mol. The van der Waals surface area contributed by atoms with Gasteiger partial charge in [0, 0.05) is 0 Å². The maximum Gasteiger partial charge on any atom is 0.329 e. The Morgan fingerprint density at radius 3 is 2.65 bits per heavy atom. The molecule has 2 rings (SSSR count). The van der Waals surface area contributed by atoms with E-state index in [1.165, 1.54) is 4.90 Å². The van der Waals surface area contributed by atoms with Gasteiger partial charge in [0.15, 0.2) is 0 Å². The third kappa shape index (κ3) is 2.44. The number of anilines is 1. The summed E-state index contributed by atoms with van der Waals surface area (Å²) in [6, 6.07) is 8.29. The number of benzene rings is 1. The fraction of sp³-hybridized carbons (Fsp3) is 0.333. The van der Waals surface area contributed by atoms with Crippen molar-refractivity contribution in [1.82, 2.24) is 5.32 Å². The highest BCUT2D eigenvalue weighted by molar-refractivity contribution is 7.98. The van der Waals surface area contributed by atoms with Crippen molar-refractivity contribution >= 4 is 29.4 Å². The van der Waals surface area contributed by atoms with Crippen LogP contribution in [-0.2, 0) is 4.79 Å². The van der Waals surface area contributed by atoms with Crippen LogP contribution in [-0.4, -0.2) is 30.0 Å². The number of carbonyl (C=O) groups excluding carboxylic acids is 2. The summed E-state index contributed by atoms with van der Waals surface area (Å²) >= 11 is 1.67. The summed E-state index contributed by atoms with van der Waals surface area (Å²) in [6.45, 7) is 0. The van der Waals surface area contributed by atoms with Crippen LogP contribution in [0.5, 0.6) is 0 Å². The van der Waals surface area contributed by atoms with Crippen molar-refractivity contribution in [2.24, 2.45) is 0 Å². The van der Waals surface area contributed by atoms with E-state index in [1.54, 1.807) is 23.9 Å². The molecule has 1 atom stereocenters. The van der Waals surface area contributed by atoms with Crippen molar-refractivity contribution < 1.29 is 9.59 Å². The number of nitrogens with zero attached hydrogens (tertiary/aromatic N) is 1. The summed E-state index contributed by atoms with van der Waals surface area (Å²) in [7, 11) is 0. The van der Waals surface area contributed by atoms with Gasteiger partial charge in [-0.2, -0.15) is 11.8 Å². The number of hydrogen-bond donors (Lipinski definition) is 1. The van der Waals surface area contributed by atoms with E-state index in [9.17, 15) is 9.59 Å². The first kappa shape index (κ1) is 12.0. The van der Waals surface area contributed by atoms with Gasteiger partial charge in [0.05, 0.1) is 5.69 Å². The largest absolute Gasteiger partial charge is 0.329 e. The van der Waals surface area contributed by atoms with Crippen LogP contribution < -0.4 is 10.2 Å². The molecule has 0 aromatic heterocycles. The van der Waals surface area contributed by atoms with Crippen molar-refractivity contribution in [3.8, 4) is 0 Å². The Kier molecular flexibility index (Phi) is 3.68. The van der Waals surface area contributed by atoms with E-state index in [0.29, 0.717) is 12.1 Å². The zero-order valence-corrected chi connectivity index (χ0v) is 10.4. The molecule has 0 saturated carbocycles. The van der Waals surface area contributed by atoms with Crippen molar-refractivity contribution in [3.05, 3.63) is 30.3 Å². The summed E-state index contributed by atoms with van der Waals surface area (Å²) in [6.07, 6.45) is 2.66. The molecule has 0 aliphatic carbocycles. The molecular weight excluding hydrogens is 236 g/mol. The minimum absolute atomic E-state index is 0.157. The van der Waals surface area contributed by atoms with Crippen molar-refractivity contribution in [3.63, 3.8) is 0 Å². The number of amides is 3. The predicted molar refractivity (Wildman–Crippen MR) is 69.2 cm³/mol. The minimum atomic E-state index is -0.379. The van der Waals surface area contributed by atoms with Gasteiger partial charge in [-0.05, 0) is 30.6 Å².